The summed E-state index contributed by atoms with van der Waals surface area (Å²) < 4.78 is 1.21. The van der Waals surface area contributed by atoms with Crippen LogP contribution in [0.15, 0.2) is 30.3 Å². The van der Waals surface area contributed by atoms with Crippen molar-refractivity contribution in [2.24, 2.45) is 0 Å². The van der Waals surface area contributed by atoms with E-state index in [0.29, 0.717) is 0 Å². The van der Waals surface area contributed by atoms with Crippen molar-refractivity contribution < 1.29 is 0 Å². The van der Waals surface area contributed by atoms with Crippen LogP contribution in [0, 0.1) is 11.5 Å². The van der Waals surface area contributed by atoms with E-state index in [4.69, 9.17) is 29.3 Å². The molecule has 3 nitrogen and oxygen atoms in total. The Morgan fingerprint density at radius 3 is 2.62 bits per heavy atom. The lowest BCUT2D eigenvalue weighted by atomic mass is 10.3. The molecule has 66 valence electrons. The van der Waals surface area contributed by atoms with Crippen LogP contribution in [0.5, 0.6) is 0 Å². The lowest BCUT2D eigenvalue weighted by molar-refractivity contribution is 1.25. The number of anilines is 1. The Morgan fingerprint density at radius 1 is 1.46 bits per heavy atom. The summed E-state index contributed by atoms with van der Waals surface area (Å²) in [5, 5.41) is 10.7. The number of halogens is 1. The molecule has 0 atom stereocenters. The van der Waals surface area contributed by atoms with E-state index < -0.39 is 0 Å². The van der Waals surface area contributed by atoms with Gasteiger partial charge in [-0.2, -0.15) is 5.26 Å². The minimum absolute atomic E-state index is 0.162. The minimum atomic E-state index is 0.162. The first-order valence-electron chi connectivity index (χ1n) is 3.45. The van der Waals surface area contributed by atoms with E-state index in [-0.39, 0.29) is 5.11 Å². The van der Waals surface area contributed by atoms with E-state index in [1.54, 1.807) is 18.3 Å². The highest BCUT2D eigenvalue weighted by Crippen LogP contribution is 2.15. The van der Waals surface area contributed by atoms with Gasteiger partial charge in [-0.3, -0.25) is 5.32 Å². The zero-order chi connectivity index (χ0) is 9.68. The molecular weight excluding hydrogens is 206 g/mol. The summed E-state index contributed by atoms with van der Waals surface area (Å²) in [7, 11) is 0. The third-order valence-corrected chi connectivity index (χ3v) is 2.07. The first kappa shape index (κ1) is 9.78. The normalized spacial score (nSPS) is 8.62. The summed E-state index contributed by atoms with van der Waals surface area (Å²) in [6.07, 6.45) is 1.70. The highest BCUT2D eigenvalue weighted by molar-refractivity contribution is 7.80. The first-order valence-corrected chi connectivity index (χ1v) is 4.20. The van der Waals surface area contributed by atoms with E-state index in [1.165, 1.54) is 4.42 Å². The number of para-hydroxylation sites is 1. The van der Waals surface area contributed by atoms with Gasteiger partial charge in [-0.05, 0) is 24.4 Å². The fourth-order valence-electron chi connectivity index (χ4n) is 0.773. The molecule has 5 heteroatoms. The molecular formula is C8H6ClN3S. The molecule has 1 rings (SSSR count). The molecule has 0 fully saturated rings. The molecule has 13 heavy (non-hydrogen) atoms. The van der Waals surface area contributed by atoms with Crippen LogP contribution in [0.25, 0.3) is 0 Å². The average molecular weight is 212 g/mol. The fraction of sp³-hybridized carbons (Fsp3) is 0. The number of nitriles is 1. The predicted octanol–water partition coefficient (Wildman–Crippen LogP) is 2.00. The number of thiocarbonyl (C=S) groups is 1. The number of rotatable bonds is 1. The van der Waals surface area contributed by atoms with Gasteiger partial charge >= 0.3 is 0 Å². The van der Waals surface area contributed by atoms with Gasteiger partial charge in [-0.1, -0.05) is 18.2 Å². The van der Waals surface area contributed by atoms with Crippen LogP contribution < -0.4 is 9.74 Å². The predicted molar refractivity (Wildman–Crippen MR) is 56.1 cm³/mol. The van der Waals surface area contributed by atoms with Gasteiger partial charge in [0.15, 0.2) is 6.19 Å². The Morgan fingerprint density at radius 2 is 2.08 bits per heavy atom. The maximum atomic E-state index is 8.30. The minimum Gasteiger partial charge on any atom is -0.268 e. The van der Waals surface area contributed by atoms with Crippen LogP contribution >= 0.6 is 24.0 Å². The zero-order valence-electron chi connectivity index (χ0n) is 6.57. The van der Waals surface area contributed by atoms with Gasteiger partial charge in [0, 0.05) is 11.8 Å². The van der Waals surface area contributed by atoms with Crippen LogP contribution in [-0.4, -0.2) is 5.11 Å². The summed E-state index contributed by atoms with van der Waals surface area (Å²) in [4.78, 5) is 0. The maximum Gasteiger partial charge on any atom is 0.201 e. The summed E-state index contributed by atoms with van der Waals surface area (Å²) in [6.45, 7) is 0. The van der Waals surface area contributed by atoms with Gasteiger partial charge in [-0.25, -0.2) is 4.42 Å². The molecule has 0 radical (unpaired) electrons. The third-order valence-electron chi connectivity index (χ3n) is 1.32. The molecule has 0 amide bonds. The molecule has 0 heterocycles. The van der Waals surface area contributed by atoms with Crippen LogP contribution in [0.2, 0.25) is 0 Å². The summed E-state index contributed by atoms with van der Waals surface area (Å²) in [5.74, 6) is 0. The van der Waals surface area contributed by atoms with Gasteiger partial charge in [0.1, 0.15) is 0 Å². The van der Waals surface area contributed by atoms with Crippen LogP contribution in [0.1, 0.15) is 0 Å². The van der Waals surface area contributed by atoms with Crippen molar-refractivity contribution in [1.29, 1.82) is 5.26 Å². The van der Waals surface area contributed by atoms with Crippen LogP contribution in [0.3, 0.4) is 0 Å². The molecule has 0 saturated carbocycles. The van der Waals surface area contributed by atoms with E-state index in [1.807, 2.05) is 18.2 Å². The van der Waals surface area contributed by atoms with Gasteiger partial charge in [-0.15, -0.1) is 0 Å². The molecule has 0 aliphatic heterocycles. The summed E-state index contributed by atoms with van der Waals surface area (Å²) >= 11 is 10.6. The second-order valence-corrected chi connectivity index (χ2v) is 2.88. The van der Waals surface area contributed by atoms with Crippen molar-refractivity contribution in [2.75, 3.05) is 4.42 Å². The quantitative estimate of drug-likeness (QED) is 0.334. The monoisotopic (exact) mass is 211 g/mol. The summed E-state index contributed by atoms with van der Waals surface area (Å²) in [5.41, 5.74) is 0.719. The molecule has 0 saturated heterocycles. The van der Waals surface area contributed by atoms with E-state index in [9.17, 15) is 0 Å². The molecule has 1 aromatic rings. The van der Waals surface area contributed by atoms with Crippen LogP contribution in [0.4, 0.5) is 5.69 Å². The Kier molecular flexibility index (Phi) is 3.50. The summed E-state index contributed by atoms with van der Waals surface area (Å²) in [6, 6.07) is 9.12. The Hall–Kier alpha value is -1.31. The number of hydrogen-bond acceptors (Lipinski definition) is 2. The fourth-order valence-corrected chi connectivity index (χ4v) is 1.08. The van der Waals surface area contributed by atoms with E-state index in [0.717, 1.165) is 5.69 Å². The lowest BCUT2D eigenvalue weighted by Crippen LogP contribution is -2.30. The Balaban J connectivity index is 2.75. The van der Waals surface area contributed by atoms with Gasteiger partial charge in [0.2, 0.25) is 5.11 Å². The highest BCUT2D eigenvalue weighted by atomic mass is 35.5. The van der Waals surface area contributed by atoms with Crippen molar-refractivity contribution in [3.05, 3.63) is 30.3 Å². The van der Waals surface area contributed by atoms with Crippen LogP contribution in [-0.2, 0) is 0 Å². The van der Waals surface area contributed by atoms with Crippen molar-refractivity contribution >= 4 is 34.8 Å². The largest absolute Gasteiger partial charge is 0.268 e. The topological polar surface area (TPSA) is 39.1 Å². The molecule has 1 N–H and O–H groups in total. The maximum absolute atomic E-state index is 8.30. The molecule has 0 bridgehead atoms. The standard InChI is InChI=1S/C8H6ClN3S/c9-12(8(13)11-6-10)7-4-2-1-3-5-7/h1-5H,(H,11,13). The van der Waals surface area contributed by atoms with Gasteiger partial charge in [0.25, 0.3) is 0 Å². The SMILES string of the molecule is N#CNC(=S)N(Cl)c1ccccc1. The molecule has 0 unspecified atom stereocenters. The lowest BCUT2D eigenvalue weighted by Gasteiger charge is -2.14. The number of nitrogens with zero attached hydrogens (tertiary/aromatic N) is 2. The van der Waals surface area contributed by atoms with E-state index in [2.05, 4.69) is 5.32 Å². The highest BCUT2D eigenvalue weighted by Gasteiger charge is 2.07. The molecule has 1 aromatic carbocycles. The third kappa shape index (κ3) is 2.58. The smallest absolute Gasteiger partial charge is 0.201 e. The van der Waals surface area contributed by atoms with E-state index >= 15 is 0 Å². The molecule has 0 aliphatic rings. The second-order valence-electron chi connectivity index (χ2n) is 2.16. The second kappa shape index (κ2) is 4.65. The van der Waals surface area contributed by atoms with Crippen molar-refractivity contribution in [3.8, 4) is 6.19 Å². The number of benzene rings is 1. The number of nitrogens with one attached hydrogen (secondary N) is 1. The Bertz CT molecular complexity index is 333. The molecule has 0 aliphatic carbocycles. The molecule has 0 aromatic heterocycles. The average Bonchev–Trinajstić information content (AvgIpc) is 2.18. The number of hydrogen-bond donors (Lipinski definition) is 1. The molecule has 0 spiro atoms. The Labute approximate surface area is 86.6 Å². The van der Waals surface area contributed by atoms with Crippen molar-refractivity contribution in [2.45, 2.75) is 0 Å². The van der Waals surface area contributed by atoms with Gasteiger partial charge in [0.05, 0.1) is 5.69 Å². The van der Waals surface area contributed by atoms with Crippen molar-refractivity contribution in [1.82, 2.24) is 5.32 Å². The van der Waals surface area contributed by atoms with Crippen molar-refractivity contribution in [3.63, 3.8) is 0 Å². The first-order chi connectivity index (χ1) is 6.25. The van der Waals surface area contributed by atoms with Gasteiger partial charge < -0.3 is 0 Å². The zero-order valence-corrected chi connectivity index (χ0v) is 8.14.